The van der Waals surface area contributed by atoms with Crippen molar-refractivity contribution in [1.82, 2.24) is 14.8 Å². The summed E-state index contributed by atoms with van der Waals surface area (Å²) in [6, 6.07) is 10.1. The van der Waals surface area contributed by atoms with Crippen molar-refractivity contribution in [2.75, 3.05) is 17.1 Å². The predicted octanol–water partition coefficient (Wildman–Crippen LogP) is 3.05. The molecule has 0 atom stereocenters. The number of benzene rings is 2. The summed E-state index contributed by atoms with van der Waals surface area (Å²) in [4.78, 5) is 12.4. The fraction of sp³-hybridized carbons (Fsp3) is 0.250. The van der Waals surface area contributed by atoms with Crippen LogP contribution in [0.25, 0.3) is 0 Å². The Morgan fingerprint density at radius 1 is 1.25 bits per heavy atom. The topological polar surface area (TPSA) is 138 Å². The van der Waals surface area contributed by atoms with E-state index in [1.807, 2.05) is 6.92 Å². The van der Waals surface area contributed by atoms with Gasteiger partial charge in [-0.05, 0) is 49.0 Å². The Kier molecular flexibility index (Phi) is 7.15. The minimum atomic E-state index is -4.02. The van der Waals surface area contributed by atoms with E-state index in [0.717, 1.165) is 6.42 Å². The van der Waals surface area contributed by atoms with E-state index in [4.69, 9.17) is 17.0 Å². The highest BCUT2D eigenvalue weighted by molar-refractivity contribution is 7.92. The van der Waals surface area contributed by atoms with Gasteiger partial charge in [-0.3, -0.25) is 19.2 Å². The van der Waals surface area contributed by atoms with Gasteiger partial charge < -0.3 is 15.2 Å². The van der Waals surface area contributed by atoms with Crippen molar-refractivity contribution in [2.24, 2.45) is 0 Å². The van der Waals surface area contributed by atoms with Gasteiger partial charge in [0.25, 0.3) is 10.0 Å². The molecule has 0 bridgehead atoms. The number of carbonyl (C=O) groups is 1. The minimum Gasteiger partial charge on any atom is -0.506 e. The number of aromatic amines is 1. The number of H-pyrrole nitrogens is 1. The zero-order valence-electron chi connectivity index (χ0n) is 17.5. The molecule has 3 aromatic rings. The summed E-state index contributed by atoms with van der Waals surface area (Å²) in [6.07, 6.45) is 1.45. The summed E-state index contributed by atoms with van der Waals surface area (Å²) in [5.41, 5.74) is 0.205. The first kappa shape index (κ1) is 23.3. The van der Waals surface area contributed by atoms with E-state index in [1.165, 1.54) is 25.3 Å². The lowest BCUT2D eigenvalue weighted by molar-refractivity contribution is -0.116. The SMILES string of the molecule is CCCc1n[nH]c(=S)n1CC(=O)Nc1cc(S(=O)(=O)Nc2ccccc2OC)ccc1O. The second kappa shape index (κ2) is 9.83. The van der Waals surface area contributed by atoms with Crippen molar-refractivity contribution in [3.05, 3.63) is 53.1 Å². The quantitative estimate of drug-likeness (QED) is 0.274. The predicted molar refractivity (Wildman–Crippen MR) is 122 cm³/mol. The van der Waals surface area contributed by atoms with Gasteiger partial charge >= 0.3 is 0 Å². The van der Waals surface area contributed by atoms with Crippen LogP contribution in [0, 0.1) is 4.77 Å². The first-order valence-electron chi connectivity index (χ1n) is 9.68. The maximum absolute atomic E-state index is 12.8. The third-order valence-corrected chi connectivity index (χ3v) is 6.19. The van der Waals surface area contributed by atoms with E-state index in [0.29, 0.717) is 22.8 Å². The van der Waals surface area contributed by atoms with Crippen LogP contribution in [0.2, 0.25) is 0 Å². The lowest BCUT2D eigenvalue weighted by Gasteiger charge is -2.14. The fourth-order valence-corrected chi connectivity index (χ4v) is 4.29. The number of methoxy groups -OCH3 is 1. The maximum Gasteiger partial charge on any atom is 0.262 e. The molecule has 0 radical (unpaired) electrons. The smallest absolute Gasteiger partial charge is 0.262 e. The lowest BCUT2D eigenvalue weighted by atomic mass is 10.3. The Bertz CT molecular complexity index is 1280. The molecule has 12 heteroatoms. The number of hydrogen-bond donors (Lipinski definition) is 4. The van der Waals surface area contributed by atoms with E-state index >= 15 is 0 Å². The van der Waals surface area contributed by atoms with E-state index < -0.39 is 15.9 Å². The van der Waals surface area contributed by atoms with Crippen LogP contribution in [-0.2, 0) is 27.8 Å². The molecule has 170 valence electrons. The van der Waals surface area contributed by atoms with Crippen LogP contribution in [0.15, 0.2) is 47.4 Å². The summed E-state index contributed by atoms with van der Waals surface area (Å²) in [6.45, 7) is 1.84. The molecule has 1 aromatic heterocycles. The van der Waals surface area contributed by atoms with Gasteiger partial charge in [0.15, 0.2) is 4.77 Å². The van der Waals surface area contributed by atoms with Gasteiger partial charge in [-0.2, -0.15) is 5.10 Å². The second-order valence-electron chi connectivity index (χ2n) is 6.81. The zero-order chi connectivity index (χ0) is 23.3. The molecular formula is C20H23N5O5S2. The van der Waals surface area contributed by atoms with Crippen LogP contribution < -0.4 is 14.8 Å². The van der Waals surface area contributed by atoms with Crippen molar-refractivity contribution in [3.63, 3.8) is 0 Å². The van der Waals surface area contributed by atoms with Gasteiger partial charge in [-0.25, -0.2) is 8.42 Å². The first-order chi connectivity index (χ1) is 15.2. The molecule has 1 heterocycles. The van der Waals surface area contributed by atoms with Crippen LogP contribution in [0.3, 0.4) is 0 Å². The number of aromatic hydroxyl groups is 1. The molecular weight excluding hydrogens is 454 g/mol. The molecule has 3 rings (SSSR count). The third-order valence-electron chi connectivity index (χ3n) is 4.52. The highest BCUT2D eigenvalue weighted by atomic mass is 32.2. The zero-order valence-corrected chi connectivity index (χ0v) is 19.1. The van der Waals surface area contributed by atoms with Crippen molar-refractivity contribution >= 4 is 39.5 Å². The summed E-state index contributed by atoms with van der Waals surface area (Å²) < 4.78 is 35.1. The summed E-state index contributed by atoms with van der Waals surface area (Å²) in [5, 5.41) is 19.4. The van der Waals surface area contributed by atoms with E-state index in [2.05, 4.69) is 20.2 Å². The number of aromatic nitrogens is 3. The molecule has 0 spiro atoms. The van der Waals surface area contributed by atoms with Crippen LogP contribution in [0.1, 0.15) is 19.2 Å². The number of hydrogen-bond acceptors (Lipinski definition) is 7. The van der Waals surface area contributed by atoms with Gasteiger partial charge in [-0.15, -0.1) is 0 Å². The molecule has 0 fully saturated rings. The number of sulfonamides is 1. The molecule has 0 aliphatic heterocycles. The third kappa shape index (κ3) is 5.26. The minimum absolute atomic E-state index is 0.0510. The molecule has 10 nitrogen and oxygen atoms in total. The number of carbonyl (C=O) groups excluding carboxylic acids is 1. The Morgan fingerprint density at radius 3 is 2.72 bits per heavy atom. The lowest BCUT2D eigenvalue weighted by Crippen LogP contribution is -2.21. The molecule has 0 aliphatic carbocycles. The molecule has 1 amide bonds. The Balaban J connectivity index is 1.82. The Hall–Kier alpha value is -3.38. The number of phenols is 1. The highest BCUT2D eigenvalue weighted by Gasteiger charge is 2.19. The van der Waals surface area contributed by atoms with Gasteiger partial charge in [-0.1, -0.05) is 19.1 Å². The molecule has 4 N–H and O–H groups in total. The highest BCUT2D eigenvalue weighted by Crippen LogP contribution is 2.30. The van der Waals surface area contributed by atoms with Crippen molar-refractivity contribution < 1.29 is 23.1 Å². The molecule has 2 aromatic carbocycles. The Morgan fingerprint density at radius 2 is 2.00 bits per heavy atom. The number of anilines is 2. The average Bonchev–Trinajstić information content (AvgIpc) is 3.09. The van der Waals surface area contributed by atoms with Crippen LogP contribution in [0.5, 0.6) is 11.5 Å². The number of nitrogens with one attached hydrogen (secondary N) is 3. The molecule has 0 saturated heterocycles. The molecule has 0 aliphatic rings. The summed E-state index contributed by atoms with van der Waals surface area (Å²) >= 11 is 5.17. The first-order valence-corrected chi connectivity index (χ1v) is 11.6. The number of nitrogens with zero attached hydrogens (tertiary/aromatic N) is 2. The molecule has 32 heavy (non-hydrogen) atoms. The molecule has 0 unspecified atom stereocenters. The number of ether oxygens (including phenoxy) is 1. The van der Waals surface area contributed by atoms with Crippen molar-refractivity contribution in [3.8, 4) is 11.5 Å². The number of amides is 1. The standard InChI is InChI=1S/C20H23N5O5S2/c1-3-6-18-22-23-20(31)25(18)12-19(27)21-15-11-13(9-10-16(15)26)32(28,29)24-14-7-4-5-8-17(14)30-2/h4-5,7-11,24,26H,3,6,12H2,1-2H3,(H,21,27)(H,23,31). The monoisotopic (exact) mass is 477 g/mol. The fourth-order valence-electron chi connectivity index (χ4n) is 2.98. The maximum atomic E-state index is 12.8. The normalized spacial score (nSPS) is 11.2. The van der Waals surface area contributed by atoms with Gasteiger partial charge in [0.1, 0.15) is 23.9 Å². The van der Waals surface area contributed by atoms with Gasteiger partial charge in [0, 0.05) is 6.42 Å². The average molecular weight is 478 g/mol. The van der Waals surface area contributed by atoms with Crippen molar-refractivity contribution in [2.45, 2.75) is 31.2 Å². The molecule has 0 saturated carbocycles. The van der Waals surface area contributed by atoms with Crippen LogP contribution in [0.4, 0.5) is 11.4 Å². The number of para-hydroxylation sites is 2. The second-order valence-corrected chi connectivity index (χ2v) is 8.88. The van der Waals surface area contributed by atoms with Crippen LogP contribution >= 0.6 is 12.2 Å². The van der Waals surface area contributed by atoms with E-state index in [1.54, 1.807) is 28.8 Å². The largest absolute Gasteiger partial charge is 0.506 e. The van der Waals surface area contributed by atoms with E-state index in [-0.39, 0.29) is 28.6 Å². The van der Waals surface area contributed by atoms with Gasteiger partial charge in [0.05, 0.1) is 23.4 Å². The summed E-state index contributed by atoms with van der Waals surface area (Å²) in [5.74, 6) is 0.207. The van der Waals surface area contributed by atoms with Gasteiger partial charge in [0.2, 0.25) is 5.91 Å². The van der Waals surface area contributed by atoms with E-state index in [9.17, 15) is 18.3 Å². The Labute approximate surface area is 190 Å². The number of phenolic OH excluding ortho intramolecular Hbond substituents is 1. The number of rotatable bonds is 9. The number of aryl methyl sites for hydroxylation is 1. The summed E-state index contributed by atoms with van der Waals surface area (Å²) in [7, 11) is -2.59. The van der Waals surface area contributed by atoms with Crippen LogP contribution in [-0.4, -0.2) is 41.3 Å². The van der Waals surface area contributed by atoms with Crippen molar-refractivity contribution in [1.29, 1.82) is 0 Å².